The average molecular weight is 614 g/mol. The van der Waals surface area contributed by atoms with Crippen LogP contribution in [0.5, 0.6) is 0 Å². The molecule has 1 aliphatic rings. The number of aryl methyl sites for hydroxylation is 2. The van der Waals surface area contributed by atoms with Crippen LogP contribution in [0.15, 0.2) is 56.5 Å². The average Bonchev–Trinajstić information content (AvgIpc) is 3.62. The molecule has 0 radical (unpaired) electrons. The van der Waals surface area contributed by atoms with Gasteiger partial charge < -0.3 is 30.3 Å². The lowest BCUT2D eigenvalue weighted by molar-refractivity contribution is 0.0423. The zero-order chi connectivity index (χ0) is 29.7. The summed E-state index contributed by atoms with van der Waals surface area (Å²) in [5.41, 5.74) is 0.959. The van der Waals surface area contributed by atoms with E-state index in [1.165, 1.54) is 35.4 Å². The number of hydrogen-bond acceptors (Lipinski definition) is 12. The maximum absolute atomic E-state index is 15.5. The number of thiazole rings is 1. The quantitative estimate of drug-likeness (QED) is 0.196. The van der Waals surface area contributed by atoms with Crippen LogP contribution in [-0.2, 0) is 5.41 Å². The van der Waals surface area contributed by atoms with Gasteiger partial charge in [0.25, 0.3) is 5.91 Å². The van der Waals surface area contributed by atoms with Gasteiger partial charge in [-0.05, 0) is 63.5 Å². The predicted molar refractivity (Wildman–Crippen MR) is 157 cm³/mol. The first-order valence-electron chi connectivity index (χ1n) is 13.5. The number of nitrogens with zero attached hydrogens (tertiary/aromatic N) is 5. The van der Waals surface area contributed by atoms with Crippen molar-refractivity contribution in [3.8, 4) is 0 Å². The van der Waals surface area contributed by atoms with Gasteiger partial charge in [0.15, 0.2) is 16.6 Å². The van der Waals surface area contributed by atoms with Crippen LogP contribution in [0.3, 0.4) is 0 Å². The number of pyridine rings is 2. The van der Waals surface area contributed by atoms with E-state index in [1.54, 1.807) is 19.3 Å². The number of β-amino-alcohol motifs (C(OH)–C–C–N with tert-alkyl or cyclic N) is 1. The van der Waals surface area contributed by atoms with Crippen molar-refractivity contribution in [2.45, 2.75) is 47.3 Å². The molecule has 0 bridgehead atoms. The number of carbonyl (C=O) groups excluding carboxylic acids is 1. The number of hydrogen-bond donors (Lipinski definition) is 4. The second kappa shape index (κ2) is 13.3. The van der Waals surface area contributed by atoms with Crippen LogP contribution < -0.4 is 10.6 Å². The largest absolute Gasteiger partial charge is 0.394 e. The summed E-state index contributed by atoms with van der Waals surface area (Å²) >= 11 is 2.51. The minimum Gasteiger partial charge on any atom is -0.394 e. The van der Waals surface area contributed by atoms with Gasteiger partial charge in [-0.3, -0.25) is 4.79 Å². The number of piperidine rings is 1. The number of aliphatic hydroxyl groups is 2. The lowest BCUT2D eigenvalue weighted by Gasteiger charge is -2.41. The van der Waals surface area contributed by atoms with Gasteiger partial charge in [0.2, 0.25) is 0 Å². The van der Waals surface area contributed by atoms with Crippen LogP contribution >= 0.6 is 23.1 Å². The van der Waals surface area contributed by atoms with Crippen molar-refractivity contribution < 1.29 is 23.9 Å². The minimum atomic E-state index is -0.816. The Hall–Kier alpha value is -3.43. The van der Waals surface area contributed by atoms with E-state index in [1.807, 2.05) is 25.1 Å². The van der Waals surface area contributed by atoms with Gasteiger partial charge in [0.1, 0.15) is 11.6 Å². The molecule has 5 heterocycles. The molecule has 222 valence electrons. The van der Waals surface area contributed by atoms with Crippen molar-refractivity contribution in [1.82, 2.24) is 30.3 Å². The first-order chi connectivity index (χ1) is 20.2. The van der Waals surface area contributed by atoms with Gasteiger partial charge in [-0.25, -0.2) is 19.3 Å². The third-order valence-electron chi connectivity index (χ3n) is 7.17. The van der Waals surface area contributed by atoms with Gasteiger partial charge in [-0.2, -0.15) is 0 Å². The molecule has 11 nitrogen and oxygen atoms in total. The Labute approximate surface area is 250 Å². The molecular formula is C28H32FN7O4S2. The van der Waals surface area contributed by atoms with Crippen LogP contribution in [0.1, 0.15) is 40.3 Å². The number of carbonyl (C=O) groups is 1. The molecule has 14 heteroatoms. The molecule has 1 amide bonds. The van der Waals surface area contributed by atoms with Crippen molar-refractivity contribution >= 4 is 40.0 Å². The van der Waals surface area contributed by atoms with Crippen molar-refractivity contribution in [1.29, 1.82) is 0 Å². The van der Waals surface area contributed by atoms with E-state index < -0.39 is 23.2 Å². The lowest BCUT2D eigenvalue weighted by atomic mass is 9.75. The van der Waals surface area contributed by atoms with E-state index in [4.69, 9.17) is 4.52 Å². The van der Waals surface area contributed by atoms with E-state index in [0.29, 0.717) is 49.2 Å². The number of aromatic nitrogens is 4. The monoisotopic (exact) mass is 613 g/mol. The molecule has 0 aromatic carbocycles. The van der Waals surface area contributed by atoms with Crippen LogP contribution in [0.4, 0.5) is 15.3 Å². The number of aliphatic hydroxyl groups excluding tert-OH is 2. The van der Waals surface area contributed by atoms with Gasteiger partial charge >= 0.3 is 0 Å². The Morgan fingerprint density at radius 1 is 1.21 bits per heavy atom. The summed E-state index contributed by atoms with van der Waals surface area (Å²) < 4.78 is 21.6. The summed E-state index contributed by atoms with van der Waals surface area (Å²) in [6.45, 7) is 5.30. The van der Waals surface area contributed by atoms with E-state index in [9.17, 15) is 15.0 Å². The highest BCUT2D eigenvalue weighted by Crippen LogP contribution is 2.37. The highest BCUT2D eigenvalue weighted by molar-refractivity contribution is 8.01. The number of amides is 1. The SMILES string of the molecule is Cc1ccnc(Nc2ncc(Sc3ccnc(C(=O)NCC4(c5cc(C)on5)CCN(C[C@H](O)CO)CC4)c3F)s2)c1. The fourth-order valence-corrected chi connectivity index (χ4v) is 6.71. The maximum Gasteiger partial charge on any atom is 0.273 e. The molecular weight excluding hydrogens is 581 g/mol. The fraction of sp³-hybridized carbons (Fsp3) is 0.393. The Bertz CT molecular complexity index is 1520. The van der Waals surface area contributed by atoms with E-state index >= 15 is 4.39 Å². The lowest BCUT2D eigenvalue weighted by Crippen LogP contribution is -2.50. The number of likely N-dealkylation sites (tertiary alicyclic amines) is 1. The molecule has 5 rings (SSSR count). The number of rotatable bonds is 11. The Morgan fingerprint density at radius 3 is 2.71 bits per heavy atom. The third kappa shape index (κ3) is 7.13. The molecule has 0 aliphatic carbocycles. The van der Waals surface area contributed by atoms with Gasteiger partial charge in [-0.1, -0.05) is 28.3 Å². The molecule has 4 aromatic heterocycles. The normalized spacial score (nSPS) is 15.8. The van der Waals surface area contributed by atoms with Crippen molar-refractivity contribution in [3.05, 3.63) is 71.4 Å². The number of anilines is 2. The predicted octanol–water partition coefficient (Wildman–Crippen LogP) is 3.69. The van der Waals surface area contributed by atoms with Gasteiger partial charge in [0, 0.05) is 37.0 Å². The van der Waals surface area contributed by atoms with Crippen LogP contribution in [0.25, 0.3) is 0 Å². The second-order valence-electron chi connectivity index (χ2n) is 10.3. The molecule has 4 N–H and O–H groups in total. The summed E-state index contributed by atoms with van der Waals surface area (Å²) in [4.78, 5) is 28.2. The zero-order valence-corrected chi connectivity index (χ0v) is 24.8. The Balaban J connectivity index is 1.25. The van der Waals surface area contributed by atoms with Gasteiger partial charge in [0.05, 0.1) is 33.7 Å². The van der Waals surface area contributed by atoms with Crippen molar-refractivity contribution in [2.75, 3.05) is 38.1 Å². The number of halogens is 1. The first-order valence-corrected chi connectivity index (χ1v) is 15.1. The third-order valence-corrected chi connectivity index (χ3v) is 9.22. The van der Waals surface area contributed by atoms with Crippen molar-refractivity contribution in [2.24, 2.45) is 0 Å². The standard InChI is InChI=1S/C28H32FN7O4S2/c1-17-3-7-30-22(11-17)34-27-32-13-23(42-27)41-20-4-8-31-25(24(20)29)26(39)33-16-28(21-12-18(2)40-35-21)5-9-36(10-6-28)14-19(38)15-37/h3-4,7-8,11-13,19,37-38H,5-6,9-10,14-16H2,1-2H3,(H,33,39)(H,30,32,34)/t19-/m0/s1. The fourth-order valence-electron chi connectivity index (χ4n) is 4.84. The Kier molecular flexibility index (Phi) is 9.48. The molecule has 4 aromatic rings. The van der Waals surface area contributed by atoms with Crippen molar-refractivity contribution in [3.63, 3.8) is 0 Å². The summed E-state index contributed by atoms with van der Waals surface area (Å²) in [7, 11) is 0. The highest BCUT2D eigenvalue weighted by atomic mass is 32.2. The van der Waals surface area contributed by atoms with E-state index in [-0.39, 0.29) is 23.7 Å². The molecule has 1 atom stereocenters. The smallest absolute Gasteiger partial charge is 0.273 e. The van der Waals surface area contributed by atoms with E-state index in [0.717, 1.165) is 15.5 Å². The molecule has 0 saturated carbocycles. The second-order valence-corrected chi connectivity index (χ2v) is 12.7. The summed E-state index contributed by atoms with van der Waals surface area (Å²) in [5, 5.41) is 29.9. The molecule has 1 aliphatic heterocycles. The zero-order valence-electron chi connectivity index (χ0n) is 23.2. The molecule has 0 spiro atoms. The van der Waals surface area contributed by atoms with Gasteiger partial charge in [-0.15, -0.1) is 0 Å². The highest BCUT2D eigenvalue weighted by Gasteiger charge is 2.39. The molecule has 0 unspecified atom stereocenters. The number of nitrogens with one attached hydrogen (secondary N) is 2. The first kappa shape index (κ1) is 30.0. The maximum atomic E-state index is 15.5. The van der Waals surface area contributed by atoms with E-state index in [2.05, 4.69) is 35.6 Å². The molecule has 42 heavy (non-hydrogen) atoms. The summed E-state index contributed by atoms with van der Waals surface area (Å²) in [6.07, 6.45) is 5.21. The topological polar surface area (TPSA) is 150 Å². The van der Waals surface area contributed by atoms with Crippen LogP contribution in [0.2, 0.25) is 0 Å². The minimum absolute atomic E-state index is 0.212. The molecule has 1 saturated heterocycles. The van der Waals surface area contributed by atoms with Crippen LogP contribution in [0, 0.1) is 19.7 Å². The summed E-state index contributed by atoms with van der Waals surface area (Å²) in [6, 6.07) is 7.19. The molecule has 1 fully saturated rings. The van der Waals surface area contributed by atoms with Crippen LogP contribution in [-0.4, -0.2) is 80.0 Å². The Morgan fingerprint density at radius 2 is 2.00 bits per heavy atom. The summed E-state index contributed by atoms with van der Waals surface area (Å²) in [5.74, 6) is -0.00276.